The van der Waals surface area contributed by atoms with Crippen LogP contribution in [0.25, 0.3) is 0 Å². The van der Waals surface area contributed by atoms with Gasteiger partial charge in [-0.15, -0.1) is 0 Å². The summed E-state index contributed by atoms with van der Waals surface area (Å²) < 4.78 is 2.48. The summed E-state index contributed by atoms with van der Waals surface area (Å²) in [6.07, 6.45) is 6.28. The second kappa shape index (κ2) is 4.55. The van der Waals surface area contributed by atoms with E-state index in [1.54, 1.807) is 0 Å². The van der Waals surface area contributed by atoms with Gasteiger partial charge in [-0.25, -0.2) is 0 Å². The van der Waals surface area contributed by atoms with Gasteiger partial charge < -0.3 is 10.7 Å². The molecule has 0 radical (unpaired) electrons. The van der Waals surface area contributed by atoms with E-state index in [1.165, 1.54) is 49.3 Å². The summed E-state index contributed by atoms with van der Waals surface area (Å²) in [5, 5.41) is 2.53. The van der Waals surface area contributed by atoms with Crippen LogP contribution < -0.4 is 10.7 Å². The topological polar surface area (TPSA) is 34.2 Å². The van der Waals surface area contributed by atoms with Crippen molar-refractivity contribution in [1.29, 1.82) is 0 Å². The maximum atomic E-state index is 6.40. The van der Waals surface area contributed by atoms with Gasteiger partial charge in [-0.05, 0) is 56.1 Å². The Kier molecular flexibility index (Phi) is 3.12. The monoisotopic (exact) mass is 261 g/mol. The van der Waals surface area contributed by atoms with E-state index in [-0.39, 0.29) is 6.04 Å². The van der Waals surface area contributed by atoms with Gasteiger partial charge in [-0.1, -0.05) is 13.8 Å². The van der Waals surface area contributed by atoms with Crippen LogP contribution in [0, 0.1) is 12.3 Å². The predicted molar refractivity (Wildman–Crippen MR) is 80.0 cm³/mol. The zero-order valence-corrected chi connectivity index (χ0v) is 12.6. The molecule has 0 spiro atoms. The van der Waals surface area contributed by atoms with Gasteiger partial charge in [-0.2, -0.15) is 0 Å². The first-order valence-electron chi connectivity index (χ1n) is 7.70. The highest BCUT2D eigenvalue weighted by Crippen LogP contribution is 2.41. The SMILES string of the molecule is Cc1cc2c(n1N1CCCCC1)CC(C)(C)CC2N. The molecule has 0 aromatic carbocycles. The number of nitrogens with two attached hydrogens (primary N) is 1. The van der Waals surface area contributed by atoms with Crippen molar-refractivity contribution < 1.29 is 0 Å². The molecule has 1 aliphatic carbocycles. The van der Waals surface area contributed by atoms with Crippen LogP contribution in [0.15, 0.2) is 6.07 Å². The lowest BCUT2D eigenvalue weighted by Crippen LogP contribution is -2.42. The fourth-order valence-corrected chi connectivity index (χ4v) is 3.90. The maximum Gasteiger partial charge on any atom is 0.0452 e. The molecule has 0 bridgehead atoms. The van der Waals surface area contributed by atoms with Gasteiger partial charge in [0.15, 0.2) is 0 Å². The van der Waals surface area contributed by atoms with Crippen LogP contribution in [-0.4, -0.2) is 17.8 Å². The molecule has 2 aliphatic rings. The molecular weight excluding hydrogens is 234 g/mol. The van der Waals surface area contributed by atoms with Crippen LogP contribution in [0.3, 0.4) is 0 Å². The minimum Gasteiger partial charge on any atom is -0.324 e. The standard InChI is InChI=1S/C16H27N3/c1-12-9-13-14(17)10-16(2,3)11-15(13)19(12)18-7-5-4-6-8-18/h9,14H,4-8,10-11,17H2,1-3H3. The lowest BCUT2D eigenvalue weighted by molar-refractivity contribution is 0.273. The molecule has 3 nitrogen and oxygen atoms in total. The smallest absolute Gasteiger partial charge is 0.0452 e. The Hall–Kier alpha value is -0.960. The molecule has 1 saturated heterocycles. The Morgan fingerprint density at radius 2 is 1.89 bits per heavy atom. The van der Waals surface area contributed by atoms with Gasteiger partial charge in [0.25, 0.3) is 0 Å². The summed E-state index contributed by atoms with van der Waals surface area (Å²) >= 11 is 0. The summed E-state index contributed by atoms with van der Waals surface area (Å²) in [6, 6.07) is 2.53. The van der Waals surface area contributed by atoms with E-state index in [2.05, 4.69) is 36.5 Å². The van der Waals surface area contributed by atoms with Gasteiger partial charge in [-0.3, -0.25) is 4.68 Å². The van der Waals surface area contributed by atoms with Crippen LogP contribution in [-0.2, 0) is 6.42 Å². The average Bonchev–Trinajstić information content (AvgIpc) is 2.65. The average molecular weight is 261 g/mol. The zero-order chi connectivity index (χ0) is 13.6. The summed E-state index contributed by atoms with van der Waals surface area (Å²) in [7, 11) is 0. The number of piperidine rings is 1. The second-order valence-corrected chi connectivity index (χ2v) is 7.17. The summed E-state index contributed by atoms with van der Waals surface area (Å²) in [6.45, 7) is 9.30. The van der Waals surface area contributed by atoms with Crippen molar-refractivity contribution in [3.8, 4) is 0 Å². The summed E-state index contributed by atoms with van der Waals surface area (Å²) in [5.41, 5.74) is 11.0. The van der Waals surface area contributed by atoms with Crippen LogP contribution in [0.2, 0.25) is 0 Å². The molecule has 106 valence electrons. The van der Waals surface area contributed by atoms with E-state index < -0.39 is 0 Å². The van der Waals surface area contributed by atoms with Gasteiger partial charge >= 0.3 is 0 Å². The minimum atomic E-state index is 0.212. The van der Waals surface area contributed by atoms with Crippen LogP contribution >= 0.6 is 0 Å². The van der Waals surface area contributed by atoms with E-state index in [4.69, 9.17) is 5.73 Å². The molecule has 2 N–H and O–H groups in total. The highest BCUT2D eigenvalue weighted by molar-refractivity contribution is 5.35. The van der Waals surface area contributed by atoms with E-state index in [9.17, 15) is 0 Å². The largest absolute Gasteiger partial charge is 0.324 e. The highest BCUT2D eigenvalue weighted by atomic mass is 15.6. The van der Waals surface area contributed by atoms with E-state index >= 15 is 0 Å². The summed E-state index contributed by atoms with van der Waals surface area (Å²) in [4.78, 5) is 0. The Morgan fingerprint density at radius 1 is 1.21 bits per heavy atom. The van der Waals surface area contributed by atoms with Crippen molar-refractivity contribution in [2.24, 2.45) is 11.1 Å². The van der Waals surface area contributed by atoms with Gasteiger partial charge in [0.1, 0.15) is 0 Å². The predicted octanol–water partition coefficient (Wildman–Crippen LogP) is 2.89. The molecule has 0 saturated carbocycles. The number of aryl methyl sites for hydroxylation is 1. The first kappa shape index (κ1) is 13.0. The van der Waals surface area contributed by atoms with Crippen molar-refractivity contribution in [3.63, 3.8) is 0 Å². The quantitative estimate of drug-likeness (QED) is 0.843. The molecule has 1 fully saturated rings. The van der Waals surface area contributed by atoms with Crippen molar-refractivity contribution in [2.75, 3.05) is 18.1 Å². The lowest BCUT2D eigenvalue weighted by Gasteiger charge is -2.38. The van der Waals surface area contributed by atoms with E-state index in [0.29, 0.717) is 5.41 Å². The molecule has 1 atom stereocenters. The highest BCUT2D eigenvalue weighted by Gasteiger charge is 2.34. The van der Waals surface area contributed by atoms with Crippen molar-refractivity contribution >= 4 is 0 Å². The number of hydrogen-bond donors (Lipinski definition) is 1. The first-order chi connectivity index (χ1) is 8.98. The van der Waals surface area contributed by atoms with Crippen molar-refractivity contribution in [3.05, 3.63) is 23.0 Å². The van der Waals surface area contributed by atoms with E-state index in [1.807, 2.05) is 0 Å². The lowest BCUT2D eigenvalue weighted by atomic mass is 9.75. The first-order valence-corrected chi connectivity index (χ1v) is 7.70. The fourth-order valence-electron chi connectivity index (χ4n) is 3.90. The van der Waals surface area contributed by atoms with Gasteiger partial charge in [0.2, 0.25) is 0 Å². The van der Waals surface area contributed by atoms with E-state index in [0.717, 1.165) is 12.8 Å². The zero-order valence-electron chi connectivity index (χ0n) is 12.6. The Balaban J connectivity index is 2.01. The molecular formula is C16H27N3. The van der Waals surface area contributed by atoms with Crippen molar-refractivity contribution in [1.82, 2.24) is 4.68 Å². The fraction of sp³-hybridized carbons (Fsp3) is 0.750. The maximum absolute atomic E-state index is 6.40. The van der Waals surface area contributed by atoms with Crippen molar-refractivity contribution in [2.45, 2.75) is 58.9 Å². The number of hydrogen-bond acceptors (Lipinski definition) is 2. The Morgan fingerprint density at radius 3 is 2.58 bits per heavy atom. The molecule has 0 amide bonds. The van der Waals surface area contributed by atoms with Gasteiger partial charge in [0, 0.05) is 30.5 Å². The van der Waals surface area contributed by atoms with Crippen LogP contribution in [0.4, 0.5) is 0 Å². The third-order valence-electron chi connectivity index (χ3n) is 4.72. The number of nitrogens with zero attached hydrogens (tertiary/aromatic N) is 2. The second-order valence-electron chi connectivity index (χ2n) is 7.17. The molecule has 1 aromatic rings. The van der Waals surface area contributed by atoms with Gasteiger partial charge in [0.05, 0.1) is 0 Å². The number of fused-ring (bicyclic) bond motifs is 1. The molecule has 3 rings (SSSR count). The molecule has 2 heterocycles. The molecule has 3 heteroatoms. The minimum absolute atomic E-state index is 0.212. The third kappa shape index (κ3) is 2.29. The number of rotatable bonds is 1. The normalized spacial score (nSPS) is 26.3. The van der Waals surface area contributed by atoms with Crippen LogP contribution in [0.5, 0.6) is 0 Å². The molecule has 19 heavy (non-hydrogen) atoms. The Labute approximate surface area is 116 Å². The molecule has 1 unspecified atom stereocenters. The Bertz CT molecular complexity index is 467. The molecule has 1 aliphatic heterocycles. The third-order valence-corrected chi connectivity index (χ3v) is 4.72. The molecule has 1 aromatic heterocycles. The number of aromatic nitrogens is 1. The van der Waals surface area contributed by atoms with Crippen LogP contribution in [0.1, 0.15) is 62.5 Å². The summed E-state index contributed by atoms with van der Waals surface area (Å²) in [5.74, 6) is 0.